The maximum atomic E-state index is 8.38. The molecule has 0 aliphatic carbocycles. The van der Waals surface area contributed by atoms with Crippen molar-refractivity contribution in [3.05, 3.63) is 0 Å². The molecule has 0 fully saturated rings. The van der Waals surface area contributed by atoms with Crippen LogP contribution in [-0.2, 0) is 9.47 Å². The van der Waals surface area contributed by atoms with E-state index in [1.165, 1.54) is 0 Å². The molecule has 0 rings (SSSR count). The molecular weight excluding hydrogens is 168 g/mol. The van der Waals surface area contributed by atoms with Crippen LogP contribution in [0.15, 0.2) is 0 Å². The summed E-state index contributed by atoms with van der Waals surface area (Å²) in [6.07, 6.45) is 0.690. The Labute approximate surface area is 72.3 Å². The maximum absolute atomic E-state index is 8.38. The van der Waals surface area contributed by atoms with Gasteiger partial charge in [-0.25, -0.2) is 0 Å². The van der Waals surface area contributed by atoms with Crippen molar-refractivity contribution in [2.45, 2.75) is 6.42 Å². The van der Waals surface area contributed by atoms with Crippen LogP contribution in [0, 0.1) is 0 Å². The lowest BCUT2D eigenvalue weighted by molar-refractivity contribution is 0.0478. The number of ether oxygens (including phenoxy) is 2. The third-order valence-corrected chi connectivity index (χ3v) is 1.19. The van der Waals surface area contributed by atoms with Crippen molar-refractivity contribution in [1.82, 2.24) is 0 Å². The molecule has 0 aromatic carbocycles. The zero-order valence-corrected chi connectivity index (χ0v) is 7.35. The molecule has 0 bridgehead atoms. The van der Waals surface area contributed by atoms with Crippen molar-refractivity contribution in [2.24, 2.45) is 0 Å². The summed E-state index contributed by atoms with van der Waals surface area (Å²) in [5.41, 5.74) is 0. The number of aliphatic hydroxyl groups is 1. The van der Waals surface area contributed by atoms with Crippen LogP contribution in [0.5, 0.6) is 0 Å². The number of rotatable bonds is 8. The van der Waals surface area contributed by atoms with Crippen LogP contribution in [0.2, 0.25) is 0 Å². The van der Waals surface area contributed by atoms with Gasteiger partial charge < -0.3 is 14.6 Å². The van der Waals surface area contributed by atoms with Crippen LogP contribution in [0.4, 0.5) is 0 Å². The number of hydrogen-bond acceptors (Lipinski definition) is 3. The molecule has 68 valence electrons. The Morgan fingerprint density at radius 2 is 1.64 bits per heavy atom. The van der Waals surface area contributed by atoms with E-state index in [4.69, 9.17) is 26.2 Å². The van der Waals surface area contributed by atoms with Gasteiger partial charge in [-0.3, -0.25) is 0 Å². The van der Waals surface area contributed by atoms with Crippen LogP contribution in [0.1, 0.15) is 6.42 Å². The third kappa shape index (κ3) is 10.2. The van der Waals surface area contributed by atoms with Gasteiger partial charge in [-0.1, -0.05) is 0 Å². The van der Waals surface area contributed by atoms with Crippen LogP contribution < -0.4 is 0 Å². The maximum Gasteiger partial charge on any atom is 0.0701 e. The zero-order chi connectivity index (χ0) is 8.36. The summed E-state index contributed by atoms with van der Waals surface area (Å²) in [6, 6.07) is 0. The lowest BCUT2D eigenvalue weighted by Gasteiger charge is -2.02. The second-order valence-corrected chi connectivity index (χ2v) is 2.37. The van der Waals surface area contributed by atoms with Crippen molar-refractivity contribution in [3.8, 4) is 0 Å². The number of hydrogen-bond donors (Lipinski definition) is 1. The molecule has 0 spiro atoms. The average Bonchev–Trinajstić information content (AvgIpc) is 2.03. The molecule has 11 heavy (non-hydrogen) atoms. The Kier molecular flexibility index (Phi) is 10.3. The fourth-order valence-corrected chi connectivity index (χ4v) is 0.652. The van der Waals surface area contributed by atoms with Gasteiger partial charge in [0.05, 0.1) is 19.8 Å². The van der Waals surface area contributed by atoms with Crippen molar-refractivity contribution >= 4 is 11.6 Å². The van der Waals surface area contributed by atoms with Crippen molar-refractivity contribution in [3.63, 3.8) is 0 Å². The summed E-state index contributed by atoms with van der Waals surface area (Å²) in [5, 5.41) is 8.38. The van der Waals surface area contributed by atoms with E-state index in [-0.39, 0.29) is 6.61 Å². The molecule has 0 amide bonds. The number of aliphatic hydroxyl groups excluding tert-OH is 1. The standard InChI is InChI=1S/C7H15ClO3/c8-2-5-11-7-6-10-4-1-3-9/h9H,1-7H2. The smallest absolute Gasteiger partial charge is 0.0701 e. The molecule has 0 aliphatic rings. The molecule has 0 heterocycles. The molecule has 0 aromatic heterocycles. The zero-order valence-electron chi connectivity index (χ0n) is 6.59. The molecule has 0 aromatic rings. The number of alkyl halides is 1. The van der Waals surface area contributed by atoms with E-state index in [0.717, 1.165) is 0 Å². The summed E-state index contributed by atoms with van der Waals surface area (Å²) in [4.78, 5) is 0. The van der Waals surface area contributed by atoms with Crippen LogP contribution in [0.25, 0.3) is 0 Å². The van der Waals surface area contributed by atoms with Crippen molar-refractivity contribution < 1.29 is 14.6 Å². The van der Waals surface area contributed by atoms with Gasteiger partial charge in [0.15, 0.2) is 0 Å². The Bertz CT molecular complexity index is 62.7. The molecule has 0 aliphatic heterocycles. The topological polar surface area (TPSA) is 38.7 Å². The predicted molar refractivity (Wildman–Crippen MR) is 44.1 cm³/mol. The molecule has 4 heteroatoms. The molecule has 0 radical (unpaired) electrons. The van der Waals surface area contributed by atoms with Gasteiger partial charge in [0.2, 0.25) is 0 Å². The molecule has 3 nitrogen and oxygen atoms in total. The minimum Gasteiger partial charge on any atom is -0.396 e. The van der Waals surface area contributed by atoms with Gasteiger partial charge in [0, 0.05) is 19.1 Å². The van der Waals surface area contributed by atoms with Crippen molar-refractivity contribution in [1.29, 1.82) is 0 Å². The lowest BCUT2D eigenvalue weighted by Crippen LogP contribution is -2.07. The van der Waals surface area contributed by atoms with Gasteiger partial charge in [-0.15, -0.1) is 11.6 Å². The van der Waals surface area contributed by atoms with Gasteiger partial charge >= 0.3 is 0 Å². The summed E-state index contributed by atoms with van der Waals surface area (Å²) in [7, 11) is 0. The Morgan fingerprint density at radius 1 is 1.00 bits per heavy atom. The van der Waals surface area contributed by atoms with E-state index in [1.54, 1.807) is 0 Å². The fraction of sp³-hybridized carbons (Fsp3) is 1.00. The Morgan fingerprint density at radius 3 is 2.18 bits per heavy atom. The van der Waals surface area contributed by atoms with E-state index in [2.05, 4.69) is 0 Å². The quantitative estimate of drug-likeness (QED) is 0.442. The van der Waals surface area contributed by atoms with E-state index in [0.29, 0.717) is 38.7 Å². The summed E-state index contributed by atoms with van der Waals surface area (Å²) < 4.78 is 10.1. The summed E-state index contributed by atoms with van der Waals surface area (Å²) in [6.45, 7) is 2.52. The highest BCUT2D eigenvalue weighted by Gasteiger charge is 1.88. The van der Waals surface area contributed by atoms with Gasteiger partial charge in [0.25, 0.3) is 0 Å². The van der Waals surface area contributed by atoms with E-state index in [9.17, 15) is 0 Å². The Hall–Kier alpha value is 0.170. The van der Waals surface area contributed by atoms with Gasteiger partial charge in [-0.05, 0) is 6.42 Å². The van der Waals surface area contributed by atoms with Crippen LogP contribution >= 0.6 is 11.6 Å². The SMILES string of the molecule is OCCCOCCOCCCl. The summed E-state index contributed by atoms with van der Waals surface area (Å²) >= 11 is 5.37. The minimum atomic E-state index is 0.183. The second kappa shape index (κ2) is 10.2. The lowest BCUT2D eigenvalue weighted by atomic mass is 10.5. The van der Waals surface area contributed by atoms with E-state index in [1.807, 2.05) is 0 Å². The monoisotopic (exact) mass is 182 g/mol. The highest BCUT2D eigenvalue weighted by atomic mass is 35.5. The van der Waals surface area contributed by atoms with Gasteiger partial charge in [0.1, 0.15) is 0 Å². The molecule has 0 saturated carbocycles. The molecule has 0 unspecified atom stereocenters. The highest BCUT2D eigenvalue weighted by molar-refractivity contribution is 6.17. The van der Waals surface area contributed by atoms with Gasteiger partial charge in [-0.2, -0.15) is 0 Å². The first kappa shape index (κ1) is 11.2. The van der Waals surface area contributed by atoms with Crippen LogP contribution in [0.3, 0.4) is 0 Å². The minimum absolute atomic E-state index is 0.183. The predicted octanol–water partition coefficient (Wildman–Crippen LogP) is 0.641. The third-order valence-electron chi connectivity index (χ3n) is 1.04. The highest BCUT2D eigenvalue weighted by Crippen LogP contribution is 1.83. The average molecular weight is 183 g/mol. The molecule has 0 atom stereocenters. The summed E-state index contributed by atoms with van der Waals surface area (Å²) in [5.74, 6) is 0.524. The van der Waals surface area contributed by atoms with E-state index >= 15 is 0 Å². The fourth-order valence-electron chi connectivity index (χ4n) is 0.543. The van der Waals surface area contributed by atoms with E-state index < -0.39 is 0 Å². The largest absolute Gasteiger partial charge is 0.396 e. The normalized spacial score (nSPS) is 10.4. The molecule has 1 N–H and O–H groups in total. The first-order valence-corrected chi connectivity index (χ1v) is 4.27. The molecular formula is C7H15ClO3. The first-order valence-electron chi connectivity index (χ1n) is 3.74. The second-order valence-electron chi connectivity index (χ2n) is 1.99. The molecule has 0 saturated heterocycles. The van der Waals surface area contributed by atoms with Crippen molar-refractivity contribution in [2.75, 3.05) is 38.9 Å². The van der Waals surface area contributed by atoms with Crippen LogP contribution in [-0.4, -0.2) is 44.0 Å². The Balaban J connectivity index is 2.69. The first-order chi connectivity index (χ1) is 5.41. The number of halogens is 1.